The highest BCUT2D eigenvalue weighted by atomic mass is 127. The number of aliphatic carboxylic acids is 1. The quantitative estimate of drug-likeness (QED) is 0.199. The molecule has 0 aromatic heterocycles. The van der Waals surface area contributed by atoms with E-state index in [1.807, 2.05) is 45.2 Å². The van der Waals surface area contributed by atoms with Gasteiger partial charge in [-0.15, -0.1) is 0 Å². The van der Waals surface area contributed by atoms with E-state index in [0.29, 0.717) is 11.5 Å². The molecule has 0 spiro atoms. The molecule has 0 fully saturated rings. The van der Waals surface area contributed by atoms with Crippen molar-refractivity contribution in [1.29, 1.82) is 0 Å². The van der Waals surface area contributed by atoms with E-state index in [1.165, 1.54) is 0 Å². The average molecular weight is 607 g/mol. The van der Waals surface area contributed by atoms with Gasteiger partial charge in [0.2, 0.25) is 0 Å². The van der Waals surface area contributed by atoms with E-state index < -0.39 is 11.4 Å². The van der Waals surface area contributed by atoms with Crippen LogP contribution in [0.1, 0.15) is 24.5 Å². The molecular weight excluding hydrogens is 590 g/mol. The molecule has 0 aliphatic carbocycles. The van der Waals surface area contributed by atoms with Crippen LogP contribution in [-0.2, 0) is 19.8 Å². The molecule has 0 aliphatic rings. The molecule has 0 bridgehead atoms. The molecule has 0 saturated heterocycles. The van der Waals surface area contributed by atoms with E-state index in [9.17, 15) is 19.5 Å². The van der Waals surface area contributed by atoms with Crippen LogP contribution >= 0.6 is 45.2 Å². The molecule has 148 valence electrons. The van der Waals surface area contributed by atoms with Crippen molar-refractivity contribution in [3.05, 3.63) is 59.7 Å². The summed E-state index contributed by atoms with van der Waals surface area (Å²) in [6, 6.07) is 13.4. The average Bonchev–Trinajstić information content (AvgIpc) is 2.68. The van der Waals surface area contributed by atoms with Gasteiger partial charge >= 0.3 is 11.9 Å². The Kier molecular flexibility index (Phi) is 8.23. The second kappa shape index (κ2) is 10.2. The van der Waals surface area contributed by atoms with Gasteiger partial charge in [0.05, 0.1) is 8.86 Å². The van der Waals surface area contributed by atoms with Gasteiger partial charge < -0.3 is 19.4 Å². The van der Waals surface area contributed by atoms with Gasteiger partial charge in [0.1, 0.15) is 11.5 Å². The summed E-state index contributed by atoms with van der Waals surface area (Å²) in [4.78, 5) is 34.2. The Morgan fingerprint density at radius 2 is 1.18 bits per heavy atom. The lowest BCUT2D eigenvalue weighted by atomic mass is 9.74. The maximum absolute atomic E-state index is 11.4. The number of rotatable bonds is 8. The Balaban J connectivity index is 2.34. The van der Waals surface area contributed by atoms with E-state index >= 15 is 0 Å². The first-order valence-electron chi connectivity index (χ1n) is 8.22. The van der Waals surface area contributed by atoms with Gasteiger partial charge in [0.25, 0.3) is 0 Å². The summed E-state index contributed by atoms with van der Waals surface area (Å²) >= 11 is 3.83. The molecular formula is C20H17I2O6-. The second-order valence-electron chi connectivity index (χ2n) is 6.15. The number of carbonyl (C=O) groups excluding carboxylic acids is 3. The zero-order valence-corrected chi connectivity index (χ0v) is 19.3. The van der Waals surface area contributed by atoms with Gasteiger partial charge in [-0.2, -0.15) is 0 Å². The number of halogens is 2. The number of carbonyl (C=O) groups is 3. The maximum atomic E-state index is 11.4. The largest absolute Gasteiger partial charge is 0.550 e. The van der Waals surface area contributed by atoms with Crippen LogP contribution in [0.4, 0.5) is 0 Å². The number of esters is 2. The summed E-state index contributed by atoms with van der Waals surface area (Å²) in [6.07, 6.45) is -0.243. The van der Waals surface area contributed by atoms with Crippen molar-refractivity contribution in [2.24, 2.45) is 0 Å². The van der Waals surface area contributed by atoms with Gasteiger partial charge in [-0.1, -0.05) is 76.4 Å². The number of hydrogen-bond donors (Lipinski definition) is 0. The van der Waals surface area contributed by atoms with Crippen LogP contribution in [0.2, 0.25) is 0 Å². The van der Waals surface area contributed by atoms with Gasteiger partial charge in [-0.25, -0.2) is 0 Å². The summed E-state index contributed by atoms with van der Waals surface area (Å²) < 4.78 is 10.8. The molecule has 0 radical (unpaired) electrons. The van der Waals surface area contributed by atoms with E-state index in [4.69, 9.17) is 9.47 Å². The first kappa shape index (κ1) is 22.6. The molecule has 28 heavy (non-hydrogen) atoms. The maximum Gasteiger partial charge on any atom is 0.321 e. The van der Waals surface area contributed by atoms with Gasteiger partial charge in [-0.05, 0) is 35.4 Å². The molecule has 0 unspecified atom stereocenters. The topological polar surface area (TPSA) is 92.7 Å². The Hall–Kier alpha value is -1.69. The predicted octanol–water partition coefficient (Wildman–Crippen LogP) is 2.81. The summed E-state index contributed by atoms with van der Waals surface area (Å²) in [5, 5.41) is 11.4. The molecule has 0 saturated carbocycles. The fraction of sp³-hybridized carbons (Fsp3) is 0.250. The Bertz CT molecular complexity index is 785. The molecule has 0 N–H and O–H groups in total. The van der Waals surface area contributed by atoms with Gasteiger partial charge in [0, 0.05) is 17.8 Å². The summed E-state index contributed by atoms with van der Waals surface area (Å²) in [6.45, 7) is 1.79. The molecule has 0 amide bonds. The zero-order valence-electron chi connectivity index (χ0n) is 14.9. The van der Waals surface area contributed by atoms with Crippen LogP contribution in [0.3, 0.4) is 0 Å². The number of hydrogen-bond acceptors (Lipinski definition) is 6. The van der Waals surface area contributed by atoms with Crippen molar-refractivity contribution in [2.45, 2.75) is 18.8 Å². The third-order valence-corrected chi connectivity index (χ3v) is 5.41. The highest BCUT2D eigenvalue weighted by molar-refractivity contribution is 14.1. The standard InChI is InChI=1S/C20H18I2O6/c1-20(10-17(23)24,13-2-6-15(7-3-13)27-18(25)11-21)14-4-8-16(9-5-14)28-19(26)12-22/h2-9H,10-12H2,1H3,(H,23,24)/p-1. The summed E-state index contributed by atoms with van der Waals surface area (Å²) in [5.41, 5.74) is 0.571. The minimum absolute atomic E-state index is 0.233. The van der Waals surface area contributed by atoms with Gasteiger partial charge in [-0.3, -0.25) is 9.59 Å². The SMILES string of the molecule is CC(CC(=O)[O-])(c1ccc(OC(=O)CI)cc1)c1ccc(OC(=O)CI)cc1. The molecule has 2 aromatic carbocycles. The smallest absolute Gasteiger partial charge is 0.321 e. The van der Waals surface area contributed by atoms with Crippen LogP contribution < -0.4 is 14.6 Å². The number of carboxylic acids is 1. The van der Waals surface area contributed by atoms with Crippen molar-refractivity contribution in [3.8, 4) is 11.5 Å². The Morgan fingerprint density at radius 1 is 0.821 bits per heavy atom. The monoisotopic (exact) mass is 607 g/mol. The Morgan fingerprint density at radius 3 is 1.46 bits per heavy atom. The number of benzene rings is 2. The minimum atomic E-state index is -1.19. The molecule has 2 aromatic rings. The molecule has 0 atom stereocenters. The van der Waals surface area contributed by atoms with Crippen molar-refractivity contribution in [1.82, 2.24) is 0 Å². The third kappa shape index (κ3) is 5.90. The van der Waals surface area contributed by atoms with E-state index in [-0.39, 0.29) is 27.2 Å². The lowest BCUT2D eigenvalue weighted by molar-refractivity contribution is -0.306. The highest BCUT2D eigenvalue weighted by Gasteiger charge is 2.29. The van der Waals surface area contributed by atoms with Crippen LogP contribution in [0.5, 0.6) is 11.5 Å². The number of ether oxygens (including phenoxy) is 2. The zero-order chi connectivity index (χ0) is 20.7. The first-order chi connectivity index (χ1) is 13.3. The normalized spacial score (nSPS) is 11.0. The van der Waals surface area contributed by atoms with Crippen LogP contribution in [-0.4, -0.2) is 26.8 Å². The summed E-state index contributed by atoms with van der Waals surface area (Å²) in [7, 11) is 0. The van der Waals surface area contributed by atoms with E-state index in [1.54, 1.807) is 55.5 Å². The molecule has 8 heteroatoms. The van der Waals surface area contributed by atoms with Crippen molar-refractivity contribution >= 4 is 63.1 Å². The van der Waals surface area contributed by atoms with Crippen molar-refractivity contribution in [2.75, 3.05) is 8.86 Å². The lowest BCUT2D eigenvalue weighted by Crippen LogP contribution is -2.34. The molecule has 6 nitrogen and oxygen atoms in total. The molecule has 0 aliphatic heterocycles. The van der Waals surface area contributed by atoms with Crippen molar-refractivity contribution in [3.63, 3.8) is 0 Å². The third-order valence-electron chi connectivity index (χ3n) is 4.16. The fourth-order valence-corrected chi connectivity index (χ4v) is 3.07. The lowest BCUT2D eigenvalue weighted by Gasteiger charge is -2.31. The van der Waals surface area contributed by atoms with Crippen LogP contribution in [0.25, 0.3) is 0 Å². The highest BCUT2D eigenvalue weighted by Crippen LogP contribution is 2.36. The van der Waals surface area contributed by atoms with Crippen LogP contribution in [0, 0.1) is 0 Å². The Labute approximate surface area is 189 Å². The second-order valence-corrected chi connectivity index (χ2v) is 7.67. The molecule has 0 heterocycles. The minimum Gasteiger partial charge on any atom is -0.550 e. The first-order valence-corrected chi connectivity index (χ1v) is 11.3. The van der Waals surface area contributed by atoms with Crippen molar-refractivity contribution < 1.29 is 29.0 Å². The molecule has 2 rings (SSSR count). The van der Waals surface area contributed by atoms with E-state index in [2.05, 4.69) is 0 Å². The summed E-state index contributed by atoms with van der Waals surface area (Å²) in [5.74, 6) is -1.13. The predicted molar refractivity (Wildman–Crippen MR) is 118 cm³/mol. The number of alkyl halides is 2. The van der Waals surface area contributed by atoms with Crippen LogP contribution in [0.15, 0.2) is 48.5 Å². The number of carboxylic acid groups (broad SMARTS) is 1. The van der Waals surface area contributed by atoms with Gasteiger partial charge in [0.15, 0.2) is 0 Å². The van der Waals surface area contributed by atoms with E-state index in [0.717, 1.165) is 11.1 Å². The fourth-order valence-electron chi connectivity index (χ4n) is 2.76.